The lowest BCUT2D eigenvalue weighted by molar-refractivity contribution is 0.127. The molecule has 0 aliphatic rings. The van der Waals surface area contributed by atoms with Crippen molar-refractivity contribution in [1.29, 1.82) is 0 Å². The summed E-state index contributed by atoms with van der Waals surface area (Å²) in [7, 11) is 2.53. The van der Waals surface area contributed by atoms with Crippen LogP contribution in [0.4, 0.5) is 0 Å². The minimum atomic E-state index is -2.38. The Labute approximate surface area is 88.4 Å². The molecule has 0 aliphatic carbocycles. The van der Waals surface area contributed by atoms with Crippen molar-refractivity contribution in [3.05, 3.63) is 12.2 Å². The number of hydrogen-bond acceptors (Lipinski definition) is 3. The lowest BCUT2D eigenvalue weighted by Gasteiger charge is -2.22. The molecule has 0 aromatic carbocycles. The summed E-state index contributed by atoms with van der Waals surface area (Å²) in [5.41, 5.74) is 0. The van der Waals surface area contributed by atoms with Crippen molar-refractivity contribution in [3.63, 3.8) is 0 Å². The Morgan fingerprint density at radius 1 is 1.00 bits per heavy atom. The summed E-state index contributed by atoms with van der Waals surface area (Å²) >= 11 is 0. The maximum absolute atomic E-state index is 5.29. The standard InChI is InChI=1S/C10H22O3Si/c1-10(2)8-6-7-9-14(11-3,12-4)13-5/h6-7,10H,8-9H2,1-5H3. The van der Waals surface area contributed by atoms with E-state index in [-0.39, 0.29) is 0 Å². The van der Waals surface area contributed by atoms with Crippen LogP contribution in [0.5, 0.6) is 0 Å². The van der Waals surface area contributed by atoms with Crippen LogP contribution in [0.1, 0.15) is 20.3 Å². The molecule has 0 unspecified atom stereocenters. The predicted octanol–water partition coefficient (Wildman–Crippen LogP) is 2.47. The van der Waals surface area contributed by atoms with Gasteiger partial charge in [-0.25, -0.2) is 0 Å². The van der Waals surface area contributed by atoms with Gasteiger partial charge in [-0.1, -0.05) is 26.0 Å². The Morgan fingerprint density at radius 3 is 1.86 bits per heavy atom. The molecule has 14 heavy (non-hydrogen) atoms. The topological polar surface area (TPSA) is 27.7 Å². The van der Waals surface area contributed by atoms with Gasteiger partial charge < -0.3 is 13.3 Å². The largest absolute Gasteiger partial charge is 0.504 e. The van der Waals surface area contributed by atoms with Crippen molar-refractivity contribution in [2.24, 2.45) is 5.92 Å². The summed E-state index contributed by atoms with van der Waals surface area (Å²) in [4.78, 5) is 0. The zero-order valence-electron chi connectivity index (χ0n) is 9.87. The van der Waals surface area contributed by atoms with Crippen LogP contribution >= 0.6 is 0 Å². The summed E-state index contributed by atoms with van der Waals surface area (Å²) in [6.07, 6.45) is 5.33. The summed E-state index contributed by atoms with van der Waals surface area (Å²) in [5.74, 6) is 0.690. The molecule has 0 aliphatic heterocycles. The molecule has 3 nitrogen and oxygen atoms in total. The second-order valence-electron chi connectivity index (χ2n) is 3.60. The van der Waals surface area contributed by atoms with Gasteiger partial charge in [-0.05, 0) is 12.3 Å². The molecule has 0 saturated carbocycles. The summed E-state index contributed by atoms with van der Waals surface area (Å²) in [5, 5.41) is 0. The third kappa shape index (κ3) is 4.90. The summed E-state index contributed by atoms with van der Waals surface area (Å²) < 4.78 is 15.9. The van der Waals surface area contributed by atoms with Crippen molar-refractivity contribution in [2.75, 3.05) is 21.3 Å². The van der Waals surface area contributed by atoms with Crippen molar-refractivity contribution < 1.29 is 13.3 Å². The first-order valence-corrected chi connectivity index (χ1v) is 6.84. The monoisotopic (exact) mass is 218 g/mol. The van der Waals surface area contributed by atoms with E-state index in [1.807, 2.05) is 0 Å². The molecule has 84 valence electrons. The highest BCUT2D eigenvalue weighted by Gasteiger charge is 2.35. The van der Waals surface area contributed by atoms with E-state index in [0.29, 0.717) is 5.92 Å². The molecular formula is C10H22O3Si. The highest BCUT2D eigenvalue weighted by molar-refractivity contribution is 6.61. The Morgan fingerprint density at radius 2 is 1.50 bits per heavy atom. The normalized spacial score (nSPS) is 13.0. The second-order valence-corrected chi connectivity index (χ2v) is 6.60. The Hall–Kier alpha value is -0.163. The third-order valence-electron chi connectivity index (χ3n) is 2.08. The van der Waals surface area contributed by atoms with Gasteiger partial charge in [-0.15, -0.1) is 0 Å². The average Bonchev–Trinajstić information content (AvgIpc) is 2.19. The van der Waals surface area contributed by atoms with Gasteiger partial charge in [0.25, 0.3) is 0 Å². The average molecular weight is 218 g/mol. The van der Waals surface area contributed by atoms with Crippen LogP contribution in [0.15, 0.2) is 12.2 Å². The number of allylic oxidation sites excluding steroid dienone is 2. The molecule has 0 heterocycles. The zero-order valence-corrected chi connectivity index (χ0v) is 10.9. The van der Waals surface area contributed by atoms with Gasteiger partial charge in [-0.3, -0.25) is 0 Å². The van der Waals surface area contributed by atoms with Crippen LogP contribution in [0, 0.1) is 5.92 Å². The molecule has 0 amide bonds. The van der Waals surface area contributed by atoms with E-state index in [0.717, 1.165) is 12.5 Å². The molecule has 0 N–H and O–H groups in total. The van der Waals surface area contributed by atoms with Gasteiger partial charge in [0.2, 0.25) is 0 Å². The van der Waals surface area contributed by atoms with Crippen molar-refractivity contribution in [3.8, 4) is 0 Å². The molecule has 0 bridgehead atoms. The van der Waals surface area contributed by atoms with Gasteiger partial charge in [-0.2, -0.15) is 0 Å². The highest BCUT2D eigenvalue weighted by Crippen LogP contribution is 2.13. The maximum atomic E-state index is 5.29. The fourth-order valence-corrected chi connectivity index (χ4v) is 2.55. The minimum Gasteiger partial charge on any atom is -0.377 e. The van der Waals surface area contributed by atoms with Gasteiger partial charge in [0, 0.05) is 27.4 Å². The fourth-order valence-electron chi connectivity index (χ4n) is 1.10. The Balaban J connectivity index is 3.99. The lowest BCUT2D eigenvalue weighted by Crippen LogP contribution is -2.42. The highest BCUT2D eigenvalue weighted by atomic mass is 28.4. The van der Waals surface area contributed by atoms with Crippen LogP contribution < -0.4 is 0 Å². The van der Waals surface area contributed by atoms with Crippen LogP contribution in [-0.2, 0) is 13.3 Å². The molecule has 0 fully saturated rings. The first-order valence-electron chi connectivity index (χ1n) is 4.90. The number of rotatable bonds is 7. The molecule has 4 heteroatoms. The summed E-state index contributed by atoms with van der Waals surface area (Å²) in [6, 6.07) is 0.739. The lowest BCUT2D eigenvalue weighted by atomic mass is 10.1. The van der Waals surface area contributed by atoms with E-state index in [1.165, 1.54) is 0 Å². The molecule has 0 aromatic heterocycles. The smallest absolute Gasteiger partial charge is 0.377 e. The van der Waals surface area contributed by atoms with Gasteiger partial charge >= 0.3 is 8.80 Å². The first-order chi connectivity index (χ1) is 6.60. The first kappa shape index (κ1) is 13.8. The predicted molar refractivity (Wildman–Crippen MR) is 60.2 cm³/mol. The molecular weight excluding hydrogens is 196 g/mol. The molecule has 0 spiro atoms. The fraction of sp³-hybridized carbons (Fsp3) is 0.800. The van der Waals surface area contributed by atoms with Gasteiger partial charge in [0.1, 0.15) is 0 Å². The molecule has 0 rings (SSSR count). The summed E-state index contributed by atoms with van der Waals surface area (Å²) in [6.45, 7) is 4.38. The Bertz CT molecular complexity index is 156. The quantitative estimate of drug-likeness (QED) is 0.485. The van der Waals surface area contributed by atoms with Gasteiger partial charge in [0.05, 0.1) is 0 Å². The maximum Gasteiger partial charge on any atom is 0.504 e. The van der Waals surface area contributed by atoms with Gasteiger partial charge in [0.15, 0.2) is 0 Å². The van der Waals surface area contributed by atoms with E-state index < -0.39 is 8.80 Å². The van der Waals surface area contributed by atoms with Crippen molar-refractivity contribution in [1.82, 2.24) is 0 Å². The SMILES string of the molecule is CO[Si](CC=CCC(C)C)(OC)OC. The van der Waals surface area contributed by atoms with E-state index in [4.69, 9.17) is 13.3 Å². The van der Waals surface area contributed by atoms with Crippen LogP contribution in [-0.4, -0.2) is 30.1 Å². The van der Waals surface area contributed by atoms with Crippen LogP contribution in [0.25, 0.3) is 0 Å². The number of hydrogen-bond donors (Lipinski definition) is 0. The van der Waals surface area contributed by atoms with E-state index in [2.05, 4.69) is 26.0 Å². The molecule has 0 atom stereocenters. The molecule has 0 saturated heterocycles. The van der Waals surface area contributed by atoms with E-state index >= 15 is 0 Å². The van der Waals surface area contributed by atoms with Crippen molar-refractivity contribution >= 4 is 8.80 Å². The molecule has 0 aromatic rings. The van der Waals surface area contributed by atoms with E-state index in [1.54, 1.807) is 21.3 Å². The third-order valence-corrected chi connectivity index (χ3v) is 4.68. The van der Waals surface area contributed by atoms with E-state index in [9.17, 15) is 0 Å². The zero-order chi connectivity index (χ0) is 11.0. The molecule has 0 radical (unpaired) electrons. The van der Waals surface area contributed by atoms with Crippen LogP contribution in [0.3, 0.4) is 0 Å². The minimum absolute atomic E-state index is 0.690. The second kappa shape index (κ2) is 7.17. The van der Waals surface area contributed by atoms with Crippen LogP contribution in [0.2, 0.25) is 6.04 Å². The van der Waals surface area contributed by atoms with Crippen molar-refractivity contribution in [2.45, 2.75) is 26.3 Å². The Kier molecular flexibility index (Phi) is 7.09.